The van der Waals surface area contributed by atoms with Gasteiger partial charge in [0.2, 0.25) is 0 Å². The molecule has 0 aromatic rings. The molecule has 142 valence electrons. The van der Waals surface area contributed by atoms with Gasteiger partial charge in [0.25, 0.3) is 0 Å². The molecule has 0 aromatic heterocycles. The predicted molar refractivity (Wildman–Crippen MR) is 110 cm³/mol. The van der Waals surface area contributed by atoms with Crippen molar-refractivity contribution in [3.8, 4) is 0 Å². The van der Waals surface area contributed by atoms with Crippen molar-refractivity contribution < 1.29 is 0 Å². The molecule has 0 N–H and O–H groups in total. The number of unbranched alkanes of at least 4 members (excludes halogenated alkanes) is 10. The van der Waals surface area contributed by atoms with E-state index in [4.69, 9.17) is 0 Å². The summed E-state index contributed by atoms with van der Waals surface area (Å²) in [5.41, 5.74) is 0. The van der Waals surface area contributed by atoms with E-state index >= 15 is 0 Å². The second kappa shape index (κ2) is 22.2. The topological polar surface area (TPSA) is 3.24 Å². The van der Waals surface area contributed by atoms with Gasteiger partial charge >= 0.3 is 0 Å². The molecule has 0 spiro atoms. The zero-order chi connectivity index (χ0) is 17.8. The zero-order valence-corrected chi connectivity index (χ0v) is 17.8. The monoisotopic (exact) mass is 347 g/mol. The normalized spacial score (nSPS) is 11.0. The number of hydrogen-bond donors (Lipinski definition) is 0. The lowest BCUT2D eigenvalue weighted by Crippen LogP contribution is -2.20. The summed E-state index contributed by atoms with van der Waals surface area (Å²) in [5, 5.41) is 0. The summed E-state index contributed by atoms with van der Waals surface area (Å²) in [6, 6.07) is 0. The summed E-state index contributed by atoms with van der Waals surface area (Å²) in [5.74, 6) is 0.884. The molecule has 0 aliphatic heterocycles. The molecule has 0 bridgehead atoms. The fraction of sp³-hybridized carbons (Fsp3) is 1.00. The van der Waals surface area contributed by atoms with Crippen molar-refractivity contribution in [2.75, 3.05) is 26.5 Å². The smallest absolute Gasteiger partial charge is 0.0108 e. The van der Waals surface area contributed by atoms with Crippen molar-refractivity contribution in [2.24, 2.45) is 5.92 Å². The van der Waals surface area contributed by atoms with E-state index in [1.807, 2.05) is 0 Å². The molecule has 1 nitrogen and oxygen atoms in total. The Labute approximate surface area is 153 Å². The first-order valence-electron chi connectivity index (χ1n) is 10.2. The van der Waals surface area contributed by atoms with Gasteiger partial charge in [-0.3, -0.25) is 0 Å². The van der Waals surface area contributed by atoms with Gasteiger partial charge in [-0.15, -0.1) is 11.6 Å². The zero-order valence-electron chi connectivity index (χ0n) is 17.0. The Bertz CT molecular complexity index is 194. The lowest BCUT2D eigenvalue weighted by molar-refractivity contribution is 0.313. The molecular formula is C21H46ClN. The fourth-order valence-corrected chi connectivity index (χ4v) is 2.92. The van der Waals surface area contributed by atoms with Crippen LogP contribution in [0.25, 0.3) is 0 Å². The molecule has 0 unspecified atom stereocenters. The predicted octanol–water partition coefficient (Wildman–Crippen LogP) is 7.52. The molecule has 0 radical (unpaired) electrons. The van der Waals surface area contributed by atoms with Gasteiger partial charge in [0.05, 0.1) is 0 Å². The summed E-state index contributed by atoms with van der Waals surface area (Å²) in [7, 11) is 2.30. The van der Waals surface area contributed by atoms with Crippen LogP contribution in [0.1, 0.15) is 104 Å². The number of nitrogens with zero attached hydrogens (tertiary/aromatic N) is 1. The van der Waals surface area contributed by atoms with Crippen molar-refractivity contribution in [1.29, 1.82) is 0 Å². The first-order valence-corrected chi connectivity index (χ1v) is 11.0. The molecule has 0 aliphatic rings. The molecule has 0 rings (SSSR count). The van der Waals surface area contributed by atoms with Crippen LogP contribution in [0.4, 0.5) is 0 Å². The average Bonchev–Trinajstić information content (AvgIpc) is 2.55. The van der Waals surface area contributed by atoms with E-state index in [9.17, 15) is 0 Å². The molecule has 0 saturated carbocycles. The van der Waals surface area contributed by atoms with Crippen LogP contribution in [0.2, 0.25) is 0 Å². The third kappa shape index (κ3) is 24.6. The summed E-state index contributed by atoms with van der Waals surface area (Å²) in [6.45, 7) is 9.56. The highest BCUT2D eigenvalue weighted by atomic mass is 35.5. The summed E-state index contributed by atoms with van der Waals surface area (Å²) in [4.78, 5) is 2.54. The van der Waals surface area contributed by atoms with Crippen LogP contribution in [0, 0.1) is 5.92 Å². The van der Waals surface area contributed by atoms with E-state index < -0.39 is 0 Å². The summed E-state index contributed by atoms with van der Waals surface area (Å²) >= 11 is 4.64. The minimum Gasteiger partial charge on any atom is -0.306 e. The number of halogens is 1. The quantitative estimate of drug-likeness (QED) is 0.206. The largest absolute Gasteiger partial charge is 0.306 e. The average molecular weight is 348 g/mol. The summed E-state index contributed by atoms with van der Waals surface area (Å²) in [6.07, 6.45) is 20.0. The summed E-state index contributed by atoms with van der Waals surface area (Å²) < 4.78 is 0. The van der Waals surface area contributed by atoms with Gasteiger partial charge in [0.1, 0.15) is 0 Å². The third-order valence-corrected chi connectivity index (χ3v) is 4.46. The number of rotatable bonds is 16. The second-order valence-corrected chi connectivity index (χ2v) is 7.37. The Kier molecular flexibility index (Phi) is 24.7. The minimum atomic E-state index is 0.884. The first-order chi connectivity index (χ1) is 11.2. The Hall–Kier alpha value is 0.250. The Balaban J connectivity index is 0. The highest BCUT2D eigenvalue weighted by Crippen LogP contribution is 2.11. The van der Waals surface area contributed by atoms with Crippen molar-refractivity contribution >= 4 is 11.6 Å². The van der Waals surface area contributed by atoms with E-state index in [1.165, 1.54) is 103 Å². The maximum absolute atomic E-state index is 4.64. The maximum atomic E-state index is 4.64. The molecule has 0 fully saturated rings. The standard InChI is InChI=1S/C20H43N.CH3Cl/c1-5-6-7-8-9-10-12-15-18-21(4)19-16-13-11-14-17-20(2)3;1-2/h20H,5-19H2,1-4H3;1H3. The molecule has 2 heteroatoms. The van der Waals surface area contributed by atoms with Crippen LogP contribution < -0.4 is 0 Å². The number of alkyl halides is 1. The van der Waals surface area contributed by atoms with Gasteiger partial charge in [0.15, 0.2) is 0 Å². The molecule has 0 saturated heterocycles. The van der Waals surface area contributed by atoms with Crippen molar-refractivity contribution in [3.63, 3.8) is 0 Å². The van der Waals surface area contributed by atoms with Crippen LogP contribution in [0.15, 0.2) is 0 Å². The van der Waals surface area contributed by atoms with E-state index in [0.29, 0.717) is 0 Å². The molecule has 0 atom stereocenters. The lowest BCUT2D eigenvalue weighted by atomic mass is 10.0. The van der Waals surface area contributed by atoms with Gasteiger partial charge < -0.3 is 4.90 Å². The Morgan fingerprint density at radius 1 is 0.652 bits per heavy atom. The third-order valence-electron chi connectivity index (χ3n) is 4.46. The van der Waals surface area contributed by atoms with Crippen LogP contribution in [-0.4, -0.2) is 31.4 Å². The highest BCUT2D eigenvalue weighted by Gasteiger charge is 1.99. The van der Waals surface area contributed by atoms with E-state index in [-0.39, 0.29) is 0 Å². The SMILES string of the molecule is CCCCCCCCCCN(C)CCCCCCC(C)C.CCl. The van der Waals surface area contributed by atoms with Crippen LogP contribution in [0.3, 0.4) is 0 Å². The molecular weight excluding hydrogens is 302 g/mol. The maximum Gasteiger partial charge on any atom is 0.0108 e. The van der Waals surface area contributed by atoms with Crippen LogP contribution in [-0.2, 0) is 0 Å². The van der Waals surface area contributed by atoms with Crippen molar-refractivity contribution in [3.05, 3.63) is 0 Å². The van der Waals surface area contributed by atoms with Gasteiger partial charge in [-0.05, 0) is 38.9 Å². The van der Waals surface area contributed by atoms with E-state index in [0.717, 1.165) is 5.92 Å². The molecule has 0 aromatic carbocycles. The highest BCUT2D eigenvalue weighted by molar-refractivity contribution is 6.15. The van der Waals surface area contributed by atoms with Gasteiger partial charge in [-0.25, -0.2) is 0 Å². The molecule has 0 aliphatic carbocycles. The second-order valence-electron chi connectivity index (χ2n) is 7.37. The molecule has 0 heterocycles. The number of hydrogen-bond acceptors (Lipinski definition) is 1. The van der Waals surface area contributed by atoms with Crippen LogP contribution in [0.5, 0.6) is 0 Å². The van der Waals surface area contributed by atoms with E-state index in [2.05, 4.69) is 44.3 Å². The van der Waals surface area contributed by atoms with Gasteiger partial charge in [-0.2, -0.15) is 0 Å². The molecule has 23 heavy (non-hydrogen) atoms. The van der Waals surface area contributed by atoms with Crippen molar-refractivity contribution in [2.45, 2.75) is 104 Å². The van der Waals surface area contributed by atoms with Gasteiger partial charge in [0, 0.05) is 6.38 Å². The van der Waals surface area contributed by atoms with Gasteiger partial charge in [-0.1, -0.05) is 91.4 Å². The lowest BCUT2D eigenvalue weighted by Gasteiger charge is -2.16. The minimum absolute atomic E-state index is 0.884. The molecule has 0 amide bonds. The van der Waals surface area contributed by atoms with Crippen LogP contribution >= 0.6 is 11.6 Å². The Morgan fingerprint density at radius 2 is 1.04 bits per heavy atom. The van der Waals surface area contributed by atoms with E-state index in [1.54, 1.807) is 0 Å². The first kappa shape index (κ1) is 25.5. The Morgan fingerprint density at radius 3 is 1.48 bits per heavy atom. The fourth-order valence-electron chi connectivity index (χ4n) is 2.92. The van der Waals surface area contributed by atoms with Crippen molar-refractivity contribution in [1.82, 2.24) is 4.90 Å².